The molecule has 0 radical (unpaired) electrons. The minimum atomic E-state index is 0.557. The highest BCUT2D eigenvalue weighted by molar-refractivity contribution is 5.15. The second-order valence-corrected chi connectivity index (χ2v) is 6.27. The van der Waals surface area contributed by atoms with Crippen molar-refractivity contribution in [3.63, 3.8) is 0 Å². The van der Waals surface area contributed by atoms with Crippen molar-refractivity contribution in [3.8, 4) is 0 Å². The van der Waals surface area contributed by atoms with Gasteiger partial charge in [-0.05, 0) is 49.8 Å². The molecule has 1 spiro atoms. The van der Waals surface area contributed by atoms with E-state index in [1.807, 2.05) is 0 Å². The lowest BCUT2D eigenvalue weighted by atomic mass is 9.71. The van der Waals surface area contributed by atoms with E-state index < -0.39 is 0 Å². The van der Waals surface area contributed by atoms with Gasteiger partial charge < -0.3 is 5.32 Å². The molecule has 0 amide bonds. The number of benzene rings is 1. The van der Waals surface area contributed by atoms with Crippen LogP contribution in [0.2, 0.25) is 0 Å². The first kappa shape index (κ1) is 13.1. The van der Waals surface area contributed by atoms with Crippen LogP contribution in [-0.2, 0) is 6.54 Å². The fourth-order valence-electron chi connectivity index (χ4n) is 4.30. The van der Waals surface area contributed by atoms with Gasteiger partial charge in [0.25, 0.3) is 0 Å². The summed E-state index contributed by atoms with van der Waals surface area (Å²) < 4.78 is 0. The van der Waals surface area contributed by atoms with E-state index in [1.54, 1.807) is 0 Å². The Bertz CT molecular complexity index is 395. The largest absolute Gasteiger partial charge is 0.316 e. The van der Waals surface area contributed by atoms with E-state index in [4.69, 9.17) is 0 Å². The molecule has 2 saturated heterocycles. The van der Waals surface area contributed by atoms with Crippen LogP contribution >= 0.6 is 0 Å². The van der Waals surface area contributed by atoms with Crippen LogP contribution in [0.4, 0.5) is 0 Å². The number of nitrogens with one attached hydrogen (secondary N) is 1. The van der Waals surface area contributed by atoms with Gasteiger partial charge in [-0.3, -0.25) is 4.90 Å². The van der Waals surface area contributed by atoms with Gasteiger partial charge in [-0.2, -0.15) is 0 Å². The minimum Gasteiger partial charge on any atom is -0.316 e. The summed E-state index contributed by atoms with van der Waals surface area (Å²) >= 11 is 0. The monoisotopic (exact) mass is 258 g/mol. The highest BCUT2D eigenvalue weighted by atomic mass is 15.2. The van der Waals surface area contributed by atoms with Crippen LogP contribution in [0.3, 0.4) is 0 Å². The Kier molecular flexibility index (Phi) is 3.90. The van der Waals surface area contributed by atoms with E-state index in [0.717, 1.165) is 12.6 Å². The van der Waals surface area contributed by atoms with Gasteiger partial charge >= 0.3 is 0 Å². The molecule has 1 aromatic rings. The Labute approximate surface area is 117 Å². The summed E-state index contributed by atoms with van der Waals surface area (Å²) in [7, 11) is 0. The molecule has 2 nitrogen and oxygen atoms in total. The maximum absolute atomic E-state index is 3.60. The summed E-state index contributed by atoms with van der Waals surface area (Å²) in [6, 6.07) is 11.7. The predicted octanol–water partition coefficient (Wildman–Crippen LogP) is 3.04. The lowest BCUT2D eigenvalue weighted by Gasteiger charge is -2.48. The summed E-state index contributed by atoms with van der Waals surface area (Å²) in [4.78, 5) is 2.74. The molecule has 104 valence electrons. The van der Waals surface area contributed by atoms with Gasteiger partial charge in [0.1, 0.15) is 0 Å². The van der Waals surface area contributed by atoms with Gasteiger partial charge in [-0.1, -0.05) is 37.3 Å². The number of nitrogens with zero attached hydrogens (tertiary/aromatic N) is 1. The van der Waals surface area contributed by atoms with Crippen molar-refractivity contribution in [3.05, 3.63) is 35.9 Å². The number of rotatable bonds is 3. The molecule has 19 heavy (non-hydrogen) atoms. The Morgan fingerprint density at radius 3 is 2.79 bits per heavy atom. The topological polar surface area (TPSA) is 15.3 Å². The van der Waals surface area contributed by atoms with E-state index in [-0.39, 0.29) is 0 Å². The lowest BCUT2D eigenvalue weighted by Crippen LogP contribution is -2.52. The fraction of sp³-hybridized carbons (Fsp3) is 0.647. The van der Waals surface area contributed by atoms with Crippen LogP contribution in [0.25, 0.3) is 0 Å². The molecule has 1 aromatic carbocycles. The molecule has 0 aliphatic carbocycles. The Balaban J connectivity index is 1.76. The maximum Gasteiger partial charge on any atom is 0.0236 e. The average molecular weight is 258 g/mol. The van der Waals surface area contributed by atoms with E-state index in [0.29, 0.717) is 5.41 Å². The van der Waals surface area contributed by atoms with Crippen molar-refractivity contribution >= 4 is 0 Å². The number of hydrogen-bond donors (Lipinski definition) is 1. The van der Waals surface area contributed by atoms with Crippen LogP contribution in [0, 0.1) is 5.41 Å². The van der Waals surface area contributed by atoms with E-state index in [2.05, 4.69) is 47.5 Å². The Hall–Kier alpha value is -0.860. The first-order chi connectivity index (χ1) is 9.34. The molecule has 2 heteroatoms. The van der Waals surface area contributed by atoms with E-state index in [9.17, 15) is 0 Å². The summed E-state index contributed by atoms with van der Waals surface area (Å²) in [5.74, 6) is 0. The SMILES string of the molecule is CCC1N(Cc2ccccc2)CCCC12CCNC2. The van der Waals surface area contributed by atoms with E-state index in [1.165, 1.54) is 50.9 Å². The maximum atomic E-state index is 3.60. The number of piperidine rings is 1. The molecule has 2 fully saturated rings. The van der Waals surface area contributed by atoms with Crippen molar-refractivity contribution in [2.45, 2.75) is 45.2 Å². The second kappa shape index (κ2) is 5.64. The third-order valence-electron chi connectivity index (χ3n) is 5.16. The lowest BCUT2D eigenvalue weighted by molar-refractivity contribution is 0.0176. The van der Waals surface area contributed by atoms with Crippen molar-refractivity contribution in [1.82, 2.24) is 10.2 Å². The zero-order chi connectivity index (χ0) is 13.1. The fourth-order valence-corrected chi connectivity index (χ4v) is 4.30. The van der Waals surface area contributed by atoms with Gasteiger partial charge in [0.15, 0.2) is 0 Å². The average Bonchev–Trinajstić information content (AvgIpc) is 2.89. The third kappa shape index (κ3) is 2.56. The molecule has 0 aromatic heterocycles. The molecule has 2 atom stereocenters. The molecule has 2 aliphatic rings. The van der Waals surface area contributed by atoms with Crippen molar-refractivity contribution < 1.29 is 0 Å². The molecule has 2 aliphatic heterocycles. The smallest absolute Gasteiger partial charge is 0.0236 e. The minimum absolute atomic E-state index is 0.557. The van der Waals surface area contributed by atoms with Crippen LogP contribution in [0.1, 0.15) is 38.2 Å². The van der Waals surface area contributed by atoms with Gasteiger partial charge in [-0.25, -0.2) is 0 Å². The first-order valence-electron chi connectivity index (χ1n) is 7.83. The molecule has 0 saturated carbocycles. The van der Waals surface area contributed by atoms with Crippen molar-refractivity contribution in [2.24, 2.45) is 5.41 Å². The summed E-state index contributed by atoms with van der Waals surface area (Å²) in [6.45, 7) is 7.22. The molecule has 0 bridgehead atoms. The number of hydrogen-bond acceptors (Lipinski definition) is 2. The van der Waals surface area contributed by atoms with Crippen molar-refractivity contribution in [2.75, 3.05) is 19.6 Å². The third-order valence-corrected chi connectivity index (χ3v) is 5.16. The van der Waals surface area contributed by atoms with Crippen LogP contribution in [0.5, 0.6) is 0 Å². The summed E-state index contributed by atoms with van der Waals surface area (Å²) in [6.07, 6.45) is 5.44. The van der Waals surface area contributed by atoms with E-state index >= 15 is 0 Å². The quantitative estimate of drug-likeness (QED) is 0.896. The van der Waals surface area contributed by atoms with Gasteiger partial charge in [-0.15, -0.1) is 0 Å². The highest BCUT2D eigenvalue weighted by Crippen LogP contribution is 2.42. The van der Waals surface area contributed by atoms with Gasteiger partial charge in [0.2, 0.25) is 0 Å². The molecular weight excluding hydrogens is 232 g/mol. The van der Waals surface area contributed by atoms with Crippen LogP contribution in [0.15, 0.2) is 30.3 Å². The normalized spacial score (nSPS) is 31.9. The predicted molar refractivity (Wildman–Crippen MR) is 80.1 cm³/mol. The van der Waals surface area contributed by atoms with Gasteiger partial charge in [0, 0.05) is 19.1 Å². The summed E-state index contributed by atoms with van der Waals surface area (Å²) in [5, 5.41) is 3.60. The molecule has 3 rings (SSSR count). The van der Waals surface area contributed by atoms with Crippen LogP contribution in [-0.4, -0.2) is 30.6 Å². The second-order valence-electron chi connectivity index (χ2n) is 6.27. The molecule has 1 N–H and O–H groups in total. The zero-order valence-corrected chi connectivity index (χ0v) is 12.1. The highest BCUT2D eigenvalue weighted by Gasteiger charge is 2.45. The Morgan fingerprint density at radius 2 is 2.11 bits per heavy atom. The van der Waals surface area contributed by atoms with Crippen LogP contribution < -0.4 is 5.32 Å². The Morgan fingerprint density at radius 1 is 1.26 bits per heavy atom. The standard InChI is InChI=1S/C17H26N2/c1-2-16-17(10-11-18-14-17)9-6-12-19(16)13-15-7-4-3-5-8-15/h3-5,7-8,16,18H,2,6,9-14H2,1H3. The summed E-state index contributed by atoms with van der Waals surface area (Å²) in [5.41, 5.74) is 2.02. The first-order valence-corrected chi connectivity index (χ1v) is 7.83. The zero-order valence-electron chi connectivity index (χ0n) is 12.1. The molecule has 2 unspecified atom stereocenters. The molecule has 2 heterocycles. The molecular formula is C17H26N2. The number of likely N-dealkylation sites (tertiary alicyclic amines) is 1. The van der Waals surface area contributed by atoms with Crippen molar-refractivity contribution in [1.29, 1.82) is 0 Å². The van der Waals surface area contributed by atoms with Gasteiger partial charge in [0.05, 0.1) is 0 Å².